The first-order valence-electron chi connectivity index (χ1n) is 4.40. The normalized spacial score (nSPS) is 13.6. The van der Waals surface area contributed by atoms with Gasteiger partial charge >= 0.3 is 5.97 Å². The van der Waals surface area contributed by atoms with Crippen LogP contribution in [0.5, 0.6) is 0 Å². The number of esters is 1. The van der Waals surface area contributed by atoms with Crippen LogP contribution in [0.2, 0.25) is 0 Å². The predicted molar refractivity (Wildman–Crippen MR) is 52.2 cm³/mol. The molecule has 84 valence electrons. The fourth-order valence-electron chi connectivity index (χ4n) is 1.06. The minimum Gasteiger partial charge on any atom is -0.464 e. The van der Waals surface area contributed by atoms with Gasteiger partial charge in [-0.05, 0) is 6.07 Å². The van der Waals surface area contributed by atoms with E-state index in [1.54, 1.807) is 0 Å². The number of rotatable bonds is 3. The summed E-state index contributed by atoms with van der Waals surface area (Å²) < 4.78 is 4.44. The van der Waals surface area contributed by atoms with Gasteiger partial charge in [-0.1, -0.05) is 6.07 Å². The summed E-state index contributed by atoms with van der Waals surface area (Å²) in [6.07, 6.45) is -1.66. The first-order chi connectivity index (χ1) is 7.60. The SMILES string of the molecule is COC(=O)c1ccc(C(O)C(O)C#N)cn1. The average Bonchev–Trinajstić information content (AvgIpc) is 2.36. The molecule has 0 aromatic carbocycles. The van der Waals surface area contributed by atoms with Crippen LogP contribution >= 0.6 is 0 Å². The minimum atomic E-state index is -1.52. The summed E-state index contributed by atoms with van der Waals surface area (Å²) in [6, 6.07) is 4.23. The van der Waals surface area contributed by atoms with Gasteiger partial charge in [0.15, 0.2) is 6.10 Å². The van der Waals surface area contributed by atoms with Gasteiger partial charge in [0.1, 0.15) is 11.8 Å². The molecule has 0 saturated carbocycles. The molecule has 0 bridgehead atoms. The summed E-state index contributed by atoms with van der Waals surface area (Å²) in [5.74, 6) is -0.595. The first kappa shape index (κ1) is 12.1. The Kier molecular flexibility index (Phi) is 3.94. The number of pyridine rings is 1. The van der Waals surface area contributed by atoms with Crippen LogP contribution in [0.4, 0.5) is 0 Å². The number of ether oxygens (including phenoxy) is 1. The Hall–Kier alpha value is -1.97. The number of carbonyl (C=O) groups is 1. The number of carbonyl (C=O) groups excluding carboxylic acids is 1. The molecule has 0 aliphatic carbocycles. The van der Waals surface area contributed by atoms with E-state index in [1.165, 1.54) is 31.5 Å². The fraction of sp³-hybridized carbons (Fsp3) is 0.300. The molecule has 16 heavy (non-hydrogen) atoms. The van der Waals surface area contributed by atoms with Crippen molar-refractivity contribution in [2.75, 3.05) is 7.11 Å². The Morgan fingerprint density at radius 3 is 2.69 bits per heavy atom. The lowest BCUT2D eigenvalue weighted by Gasteiger charge is -2.11. The third kappa shape index (κ3) is 2.53. The molecule has 2 unspecified atom stereocenters. The Morgan fingerprint density at radius 1 is 1.56 bits per heavy atom. The van der Waals surface area contributed by atoms with Crippen LogP contribution in [0.3, 0.4) is 0 Å². The molecular weight excluding hydrogens is 212 g/mol. The topological polar surface area (TPSA) is 103 Å². The monoisotopic (exact) mass is 222 g/mol. The zero-order valence-electron chi connectivity index (χ0n) is 8.49. The van der Waals surface area contributed by atoms with Crippen LogP contribution in [0.15, 0.2) is 18.3 Å². The lowest BCUT2D eigenvalue weighted by Crippen LogP contribution is -2.16. The number of nitrogens with zero attached hydrogens (tertiary/aromatic N) is 2. The third-order valence-corrected chi connectivity index (χ3v) is 1.95. The zero-order chi connectivity index (χ0) is 12.1. The Balaban J connectivity index is 2.87. The second-order valence-corrected chi connectivity index (χ2v) is 2.99. The molecular formula is C10H10N2O4. The smallest absolute Gasteiger partial charge is 0.356 e. The Bertz CT molecular complexity index is 410. The average molecular weight is 222 g/mol. The highest BCUT2D eigenvalue weighted by atomic mass is 16.5. The van der Waals surface area contributed by atoms with Crippen LogP contribution in [0.25, 0.3) is 0 Å². The molecule has 2 atom stereocenters. The quantitative estimate of drug-likeness (QED) is 0.541. The molecule has 0 aliphatic heterocycles. The number of nitriles is 1. The molecule has 6 nitrogen and oxygen atoms in total. The third-order valence-electron chi connectivity index (χ3n) is 1.95. The Morgan fingerprint density at radius 2 is 2.25 bits per heavy atom. The lowest BCUT2D eigenvalue weighted by atomic mass is 10.1. The molecule has 0 amide bonds. The van der Waals surface area contributed by atoms with Crippen molar-refractivity contribution >= 4 is 5.97 Å². The molecule has 2 N–H and O–H groups in total. The summed E-state index contributed by atoms with van der Waals surface area (Å²) >= 11 is 0. The fourth-order valence-corrected chi connectivity index (χ4v) is 1.06. The summed E-state index contributed by atoms with van der Waals surface area (Å²) in [7, 11) is 1.23. The van der Waals surface area contributed by atoms with Crippen molar-refractivity contribution in [2.45, 2.75) is 12.2 Å². The van der Waals surface area contributed by atoms with E-state index in [9.17, 15) is 9.90 Å². The van der Waals surface area contributed by atoms with Crippen LogP contribution in [-0.4, -0.2) is 34.4 Å². The summed E-state index contributed by atoms with van der Waals surface area (Å²) in [6.45, 7) is 0. The van der Waals surface area contributed by atoms with E-state index in [2.05, 4.69) is 9.72 Å². The summed E-state index contributed by atoms with van der Waals surface area (Å²) in [4.78, 5) is 14.8. The van der Waals surface area contributed by atoms with Crippen molar-refractivity contribution in [2.24, 2.45) is 0 Å². The van der Waals surface area contributed by atoms with Crippen molar-refractivity contribution in [1.82, 2.24) is 4.98 Å². The van der Waals surface area contributed by atoms with Crippen LogP contribution in [-0.2, 0) is 4.74 Å². The van der Waals surface area contributed by atoms with Crippen LogP contribution < -0.4 is 0 Å². The van der Waals surface area contributed by atoms with Gasteiger partial charge < -0.3 is 14.9 Å². The molecule has 1 aromatic heterocycles. The van der Waals surface area contributed by atoms with Gasteiger partial charge in [0, 0.05) is 11.8 Å². The number of aliphatic hydroxyl groups is 2. The molecule has 0 fully saturated rings. The summed E-state index contributed by atoms with van der Waals surface area (Å²) in [5, 5.41) is 26.9. The molecule has 0 saturated heterocycles. The molecule has 1 rings (SSSR count). The summed E-state index contributed by atoms with van der Waals surface area (Å²) in [5.41, 5.74) is 0.339. The molecule has 0 radical (unpaired) electrons. The van der Waals surface area contributed by atoms with E-state index in [0.29, 0.717) is 0 Å². The van der Waals surface area contributed by atoms with Crippen molar-refractivity contribution < 1.29 is 19.7 Å². The van der Waals surface area contributed by atoms with Gasteiger partial charge in [0.25, 0.3) is 0 Å². The highest BCUT2D eigenvalue weighted by molar-refractivity contribution is 5.86. The van der Waals surface area contributed by atoms with Crippen LogP contribution in [0, 0.1) is 11.3 Å². The van der Waals surface area contributed by atoms with Gasteiger partial charge in [0.05, 0.1) is 13.2 Å². The minimum absolute atomic E-state index is 0.0879. The van der Waals surface area contributed by atoms with Crippen LogP contribution in [0.1, 0.15) is 22.2 Å². The van der Waals surface area contributed by atoms with E-state index in [4.69, 9.17) is 10.4 Å². The van der Waals surface area contributed by atoms with E-state index in [0.717, 1.165) is 0 Å². The Labute approximate surface area is 91.7 Å². The van der Waals surface area contributed by atoms with Crippen molar-refractivity contribution in [1.29, 1.82) is 5.26 Å². The van der Waals surface area contributed by atoms with Gasteiger partial charge in [-0.2, -0.15) is 5.26 Å². The molecule has 1 heterocycles. The van der Waals surface area contributed by atoms with Crippen molar-refractivity contribution in [3.05, 3.63) is 29.6 Å². The maximum absolute atomic E-state index is 11.0. The molecule has 1 aromatic rings. The first-order valence-corrected chi connectivity index (χ1v) is 4.40. The van der Waals surface area contributed by atoms with Gasteiger partial charge in [-0.25, -0.2) is 9.78 Å². The van der Waals surface area contributed by atoms with Gasteiger partial charge in [0.2, 0.25) is 0 Å². The maximum atomic E-state index is 11.0. The number of methoxy groups -OCH3 is 1. The number of hydrogen-bond acceptors (Lipinski definition) is 6. The predicted octanol–water partition coefficient (Wildman–Crippen LogP) is -0.214. The standard InChI is InChI=1S/C10H10N2O4/c1-16-10(15)7-3-2-6(5-12-7)9(14)8(13)4-11/h2-3,5,8-9,13-14H,1H3. The van der Waals surface area contributed by atoms with E-state index in [1.807, 2.05) is 0 Å². The number of aliphatic hydroxyl groups excluding tert-OH is 2. The second kappa shape index (κ2) is 5.21. The molecule has 0 spiro atoms. The van der Waals surface area contributed by atoms with E-state index < -0.39 is 18.2 Å². The van der Waals surface area contributed by atoms with E-state index in [-0.39, 0.29) is 11.3 Å². The second-order valence-electron chi connectivity index (χ2n) is 2.99. The number of aromatic nitrogens is 1. The zero-order valence-corrected chi connectivity index (χ0v) is 8.49. The largest absolute Gasteiger partial charge is 0.464 e. The molecule has 6 heteroatoms. The van der Waals surface area contributed by atoms with Crippen molar-refractivity contribution in [3.63, 3.8) is 0 Å². The maximum Gasteiger partial charge on any atom is 0.356 e. The lowest BCUT2D eigenvalue weighted by molar-refractivity contribution is 0.0522. The van der Waals surface area contributed by atoms with Gasteiger partial charge in [-0.15, -0.1) is 0 Å². The van der Waals surface area contributed by atoms with Crippen molar-refractivity contribution in [3.8, 4) is 6.07 Å². The van der Waals surface area contributed by atoms with E-state index >= 15 is 0 Å². The molecule has 0 aliphatic rings. The highest BCUT2D eigenvalue weighted by Gasteiger charge is 2.18. The van der Waals surface area contributed by atoms with Gasteiger partial charge in [-0.3, -0.25) is 0 Å². The number of hydrogen-bond donors (Lipinski definition) is 2. The highest BCUT2D eigenvalue weighted by Crippen LogP contribution is 2.15.